The summed E-state index contributed by atoms with van der Waals surface area (Å²) >= 11 is 12.6. The zero-order chi connectivity index (χ0) is 14.3. The highest BCUT2D eigenvalue weighted by Crippen LogP contribution is 2.61. The molecule has 20 heavy (non-hydrogen) atoms. The molecule has 0 saturated carbocycles. The van der Waals surface area contributed by atoms with E-state index in [0.717, 1.165) is 11.3 Å². The first-order valence-corrected chi connectivity index (χ1v) is 6.74. The largest absolute Gasteiger partial charge is 0.326 e. The number of hydrogen-bond donors (Lipinski definition) is 0. The lowest BCUT2D eigenvalue weighted by atomic mass is 10.1. The third kappa shape index (κ3) is 2.11. The fourth-order valence-corrected chi connectivity index (χ4v) is 3.02. The molecule has 1 aliphatic rings. The Bertz CT molecular complexity index is 644. The van der Waals surface area contributed by atoms with Crippen LogP contribution < -0.4 is 4.90 Å². The van der Waals surface area contributed by atoms with Crippen molar-refractivity contribution in [2.24, 2.45) is 0 Å². The first kappa shape index (κ1) is 13.2. The third-order valence-electron chi connectivity index (χ3n) is 3.29. The topological polar surface area (TPSA) is 46.1 Å². The SMILES string of the molecule is O=[N+]([O-])c1ccc([C@@H]2N(c3ccccc3)C2(Cl)Cl)cc1. The molecule has 1 heterocycles. The van der Waals surface area contributed by atoms with Crippen LogP contribution >= 0.6 is 23.2 Å². The molecule has 6 heteroatoms. The van der Waals surface area contributed by atoms with Crippen molar-refractivity contribution >= 4 is 34.6 Å². The van der Waals surface area contributed by atoms with Gasteiger partial charge in [-0.3, -0.25) is 10.1 Å². The minimum atomic E-state index is -1.02. The second-order valence-corrected chi connectivity index (χ2v) is 5.89. The van der Waals surface area contributed by atoms with E-state index in [4.69, 9.17) is 23.2 Å². The second-order valence-electron chi connectivity index (χ2n) is 4.54. The van der Waals surface area contributed by atoms with Gasteiger partial charge in [-0.1, -0.05) is 41.4 Å². The zero-order valence-electron chi connectivity index (χ0n) is 10.2. The highest BCUT2D eigenvalue weighted by molar-refractivity contribution is 6.53. The molecule has 2 aromatic carbocycles. The van der Waals surface area contributed by atoms with Gasteiger partial charge < -0.3 is 4.90 Å². The highest BCUT2D eigenvalue weighted by Gasteiger charge is 2.62. The smallest absolute Gasteiger partial charge is 0.269 e. The van der Waals surface area contributed by atoms with E-state index in [2.05, 4.69) is 0 Å². The Morgan fingerprint density at radius 2 is 1.65 bits per heavy atom. The molecule has 1 aliphatic heterocycles. The van der Waals surface area contributed by atoms with Gasteiger partial charge in [0.1, 0.15) is 6.04 Å². The van der Waals surface area contributed by atoms with Crippen LogP contribution in [0.5, 0.6) is 0 Å². The van der Waals surface area contributed by atoms with Gasteiger partial charge in [-0.15, -0.1) is 0 Å². The molecule has 0 bridgehead atoms. The maximum Gasteiger partial charge on any atom is 0.269 e. The van der Waals surface area contributed by atoms with Crippen LogP contribution in [0.2, 0.25) is 0 Å². The molecule has 102 valence electrons. The lowest BCUT2D eigenvalue weighted by Crippen LogP contribution is -2.00. The van der Waals surface area contributed by atoms with E-state index >= 15 is 0 Å². The van der Waals surface area contributed by atoms with Gasteiger partial charge >= 0.3 is 0 Å². The molecule has 2 aromatic rings. The summed E-state index contributed by atoms with van der Waals surface area (Å²) in [5, 5.41) is 10.7. The molecule has 0 unspecified atom stereocenters. The Labute approximate surface area is 125 Å². The summed E-state index contributed by atoms with van der Waals surface area (Å²) in [5.41, 5.74) is 1.82. The Balaban J connectivity index is 1.89. The quantitative estimate of drug-likeness (QED) is 0.279. The molecular weight excluding hydrogens is 299 g/mol. The van der Waals surface area contributed by atoms with E-state index in [1.165, 1.54) is 12.1 Å². The maximum atomic E-state index is 10.7. The Kier molecular flexibility index (Phi) is 3.07. The molecule has 3 rings (SSSR count). The number of nitro benzene ring substituents is 1. The predicted molar refractivity (Wildman–Crippen MR) is 79.2 cm³/mol. The minimum Gasteiger partial charge on any atom is -0.326 e. The number of nitro groups is 1. The molecule has 4 nitrogen and oxygen atoms in total. The Hall–Kier alpha value is -1.78. The summed E-state index contributed by atoms with van der Waals surface area (Å²) in [6, 6.07) is 15.7. The first-order chi connectivity index (χ1) is 9.51. The van der Waals surface area contributed by atoms with Crippen LogP contribution in [0.3, 0.4) is 0 Å². The van der Waals surface area contributed by atoms with Gasteiger partial charge in [-0.05, 0) is 29.8 Å². The molecule has 0 N–H and O–H groups in total. The van der Waals surface area contributed by atoms with E-state index in [0.29, 0.717) is 0 Å². The van der Waals surface area contributed by atoms with Crippen molar-refractivity contribution in [2.45, 2.75) is 10.5 Å². The number of non-ortho nitro benzene ring substituents is 1. The van der Waals surface area contributed by atoms with Crippen molar-refractivity contribution in [1.82, 2.24) is 0 Å². The average Bonchev–Trinajstić information content (AvgIpc) is 3.02. The minimum absolute atomic E-state index is 0.0513. The fraction of sp³-hybridized carbons (Fsp3) is 0.143. The van der Waals surface area contributed by atoms with Crippen LogP contribution in [0.4, 0.5) is 11.4 Å². The normalized spacial score (nSPS) is 19.7. The molecule has 1 saturated heterocycles. The Morgan fingerprint density at radius 3 is 2.20 bits per heavy atom. The summed E-state index contributed by atoms with van der Waals surface area (Å²) in [5.74, 6) is 0. The lowest BCUT2D eigenvalue weighted by molar-refractivity contribution is -0.384. The van der Waals surface area contributed by atoms with Gasteiger partial charge in [0, 0.05) is 17.8 Å². The van der Waals surface area contributed by atoms with Crippen molar-refractivity contribution in [3.63, 3.8) is 0 Å². The van der Waals surface area contributed by atoms with Gasteiger partial charge in [-0.25, -0.2) is 0 Å². The lowest BCUT2D eigenvalue weighted by Gasteiger charge is -2.05. The van der Waals surface area contributed by atoms with Crippen molar-refractivity contribution in [2.75, 3.05) is 4.90 Å². The number of benzene rings is 2. The number of rotatable bonds is 3. The van der Waals surface area contributed by atoms with E-state index in [9.17, 15) is 10.1 Å². The van der Waals surface area contributed by atoms with Crippen LogP contribution in [0.15, 0.2) is 54.6 Å². The Morgan fingerprint density at radius 1 is 1.05 bits per heavy atom. The van der Waals surface area contributed by atoms with Crippen LogP contribution in [0.1, 0.15) is 11.6 Å². The number of alkyl halides is 2. The highest BCUT2D eigenvalue weighted by atomic mass is 35.5. The summed E-state index contributed by atoms with van der Waals surface area (Å²) < 4.78 is -1.02. The first-order valence-electron chi connectivity index (χ1n) is 5.98. The zero-order valence-corrected chi connectivity index (χ0v) is 11.8. The van der Waals surface area contributed by atoms with E-state index in [-0.39, 0.29) is 11.7 Å². The van der Waals surface area contributed by atoms with Crippen LogP contribution in [0, 0.1) is 10.1 Å². The van der Waals surface area contributed by atoms with E-state index in [1.807, 2.05) is 35.2 Å². The molecule has 0 aliphatic carbocycles. The van der Waals surface area contributed by atoms with Gasteiger partial charge in [0.05, 0.1) is 4.92 Å². The standard InChI is InChI=1S/C14H10Cl2N2O2/c15-14(16)13(17(14)11-4-2-1-3-5-11)10-6-8-12(9-7-10)18(19)20/h1-9,13H/t13-,17?/m0/s1. The van der Waals surface area contributed by atoms with Crippen LogP contribution in [-0.4, -0.2) is 9.38 Å². The number of hydrogen-bond acceptors (Lipinski definition) is 3. The predicted octanol–water partition coefficient (Wildman–Crippen LogP) is 4.29. The number of nitrogens with zero attached hydrogens (tertiary/aromatic N) is 2. The van der Waals surface area contributed by atoms with Crippen molar-refractivity contribution in [1.29, 1.82) is 0 Å². The van der Waals surface area contributed by atoms with Crippen molar-refractivity contribution in [3.05, 3.63) is 70.3 Å². The second kappa shape index (κ2) is 4.65. The summed E-state index contributed by atoms with van der Waals surface area (Å²) in [6.45, 7) is 0. The molecule has 1 fully saturated rings. The molecule has 0 radical (unpaired) electrons. The van der Waals surface area contributed by atoms with Gasteiger partial charge in [-0.2, -0.15) is 0 Å². The third-order valence-corrected chi connectivity index (χ3v) is 4.07. The fourth-order valence-electron chi connectivity index (χ4n) is 2.28. The summed E-state index contributed by atoms with van der Waals surface area (Å²) in [4.78, 5) is 12.1. The van der Waals surface area contributed by atoms with Gasteiger partial charge in [0.15, 0.2) is 0 Å². The van der Waals surface area contributed by atoms with Crippen molar-refractivity contribution in [3.8, 4) is 0 Å². The molecule has 0 aromatic heterocycles. The maximum absolute atomic E-state index is 10.7. The van der Waals surface area contributed by atoms with Crippen molar-refractivity contribution < 1.29 is 4.92 Å². The molecule has 0 spiro atoms. The van der Waals surface area contributed by atoms with Crippen LogP contribution in [0.25, 0.3) is 0 Å². The average molecular weight is 309 g/mol. The van der Waals surface area contributed by atoms with Gasteiger partial charge in [0.25, 0.3) is 5.69 Å². The molecular formula is C14H10Cl2N2O2. The van der Waals surface area contributed by atoms with E-state index < -0.39 is 9.38 Å². The number of para-hydroxylation sites is 1. The monoisotopic (exact) mass is 308 g/mol. The van der Waals surface area contributed by atoms with Gasteiger partial charge in [0.2, 0.25) is 4.46 Å². The summed E-state index contributed by atoms with van der Waals surface area (Å²) in [7, 11) is 0. The molecule has 0 amide bonds. The summed E-state index contributed by atoms with van der Waals surface area (Å²) in [6.07, 6.45) is 0. The van der Waals surface area contributed by atoms with Crippen LogP contribution in [-0.2, 0) is 0 Å². The number of anilines is 1. The number of halogens is 2. The van der Waals surface area contributed by atoms with E-state index in [1.54, 1.807) is 12.1 Å². The molecule has 1 atom stereocenters.